The number of hydrogen-bond donors (Lipinski definition) is 3. The van der Waals surface area contributed by atoms with Crippen LogP contribution in [0.5, 0.6) is 0 Å². The van der Waals surface area contributed by atoms with Crippen molar-refractivity contribution in [3.8, 4) is 0 Å². The number of thioether (sulfide) groups is 1. The molecule has 0 unspecified atom stereocenters. The van der Waals surface area contributed by atoms with Crippen LogP contribution in [0.2, 0.25) is 0 Å². The topological polar surface area (TPSA) is 70.2 Å². The molecule has 20 heavy (non-hydrogen) atoms. The number of nitrogens with one attached hydrogen (secondary N) is 3. The van der Waals surface area contributed by atoms with E-state index in [1.807, 2.05) is 12.1 Å². The maximum absolute atomic E-state index is 12.2. The molecule has 2 heterocycles. The smallest absolute Gasteiger partial charge is 0.251 e. The Morgan fingerprint density at radius 2 is 2.10 bits per heavy atom. The Kier molecular flexibility index (Phi) is 3.93. The highest BCUT2D eigenvalue weighted by Crippen LogP contribution is 2.31. The van der Waals surface area contributed by atoms with Gasteiger partial charge in [0.15, 0.2) is 0 Å². The van der Waals surface area contributed by atoms with Crippen LogP contribution in [0.4, 0.5) is 5.69 Å². The largest absolute Gasteiger partial charge is 0.349 e. The molecule has 6 heteroatoms. The summed E-state index contributed by atoms with van der Waals surface area (Å²) in [6.07, 6.45) is 1.92. The number of carbonyl (C=O) groups is 2. The zero-order valence-corrected chi connectivity index (χ0v) is 11.9. The fourth-order valence-corrected chi connectivity index (χ4v) is 3.25. The number of piperidine rings is 1. The van der Waals surface area contributed by atoms with Crippen molar-refractivity contribution >= 4 is 29.3 Å². The minimum absolute atomic E-state index is 0.0154. The molecule has 2 aliphatic rings. The molecular weight excluding hydrogens is 274 g/mol. The van der Waals surface area contributed by atoms with Gasteiger partial charge in [-0.1, -0.05) is 0 Å². The molecule has 3 rings (SSSR count). The van der Waals surface area contributed by atoms with Crippen LogP contribution in [-0.2, 0) is 4.79 Å². The quantitative estimate of drug-likeness (QED) is 0.766. The zero-order chi connectivity index (χ0) is 13.9. The van der Waals surface area contributed by atoms with Crippen LogP contribution in [0.1, 0.15) is 23.2 Å². The number of rotatable bonds is 2. The number of carbonyl (C=O) groups excluding carboxylic acids is 2. The van der Waals surface area contributed by atoms with E-state index in [0.29, 0.717) is 11.3 Å². The van der Waals surface area contributed by atoms with E-state index in [4.69, 9.17) is 0 Å². The Hall–Kier alpha value is -1.53. The molecule has 0 aliphatic carbocycles. The second-order valence-corrected chi connectivity index (χ2v) is 6.06. The average Bonchev–Trinajstić information content (AvgIpc) is 2.47. The van der Waals surface area contributed by atoms with Gasteiger partial charge >= 0.3 is 0 Å². The summed E-state index contributed by atoms with van der Waals surface area (Å²) in [6, 6.07) is 5.72. The monoisotopic (exact) mass is 291 g/mol. The Labute approximate surface area is 121 Å². The highest BCUT2D eigenvalue weighted by molar-refractivity contribution is 8.00. The van der Waals surface area contributed by atoms with Gasteiger partial charge in [0.1, 0.15) is 0 Å². The molecule has 3 N–H and O–H groups in total. The Bertz CT molecular complexity index is 541. The zero-order valence-electron chi connectivity index (χ0n) is 11.1. The predicted octanol–water partition coefficient (Wildman–Crippen LogP) is 1.21. The van der Waals surface area contributed by atoms with E-state index in [1.54, 1.807) is 6.07 Å². The van der Waals surface area contributed by atoms with E-state index in [-0.39, 0.29) is 17.9 Å². The van der Waals surface area contributed by atoms with Crippen molar-refractivity contribution < 1.29 is 9.59 Å². The predicted molar refractivity (Wildman–Crippen MR) is 79.2 cm³/mol. The second-order valence-electron chi connectivity index (χ2n) is 5.05. The van der Waals surface area contributed by atoms with Crippen molar-refractivity contribution in [3.05, 3.63) is 23.8 Å². The maximum Gasteiger partial charge on any atom is 0.251 e. The first-order valence-corrected chi connectivity index (χ1v) is 7.79. The minimum Gasteiger partial charge on any atom is -0.349 e. The molecule has 2 amide bonds. The van der Waals surface area contributed by atoms with Gasteiger partial charge in [0, 0.05) is 16.5 Å². The fourth-order valence-electron chi connectivity index (χ4n) is 2.46. The summed E-state index contributed by atoms with van der Waals surface area (Å²) in [4.78, 5) is 24.6. The lowest BCUT2D eigenvalue weighted by Crippen LogP contribution is -2.42. The van der Waals surface area contributed by atoms with Gasteiger partial charge in [-0.25, -0.2) is 0 Å². The minimum atomic E-state index is -0.0653. The fraction of sp³-hybridized carbons (Fsp3) is 0.429. The summed E-state index contributed by atoms with van der Waals surface area (Å²) in [6.45, 7) is 1.89. The standard InChI is InChI=1S/C14H17N3O2S/c18-13-8-20-12-2-1-9(7-11(12)17-13)14(19)16-10-3-5-15-6-4-10/h1-2,7,10,15H,3-6,8H2,(H,16,19)(H,17,18). The first kappa shape index (κ1) is 13.5. The molecular formula is C14H17N3O2S. The number of amides is 2. The highest BCUT2D eigenvalue weighted by Gasteiger charge is 2.19. The summed E-state index contributed by atoms with van der Waals surface area (Å²) < 4.78 is 0. The molecule has 1 fully saturated rings. The van der Waals surface area contributed by atoms with E-state index in [0.717, 1.165) is 36.5 Å². The lowest BCUT2D eigenvalue weighted by atomic mass is 10.1. The summed E-state index contributed by atoms with van der Waals surface area (Å²) in [7, 11) is 0. The molecule has 0 radical (unpaired) electrons. The van der Waals surface area contributed by atoms with Crippen LogP contribution in [-0.4, -0.2) is 36.7 Å². The number of fused-ring (bicyclic) bond motifs is 1. The first-order chi connectivity index (χ1) is 9.72. The van der Waals surface area contributed by atoms with Gasteiger partial charge in [-0.3, -0.25) is 9.59 Å². The van der Waals surface area contributed by atoms with Gasteiger partial charge in [0.2, 0.25) is 5.91 Å². The van der Waals surface area contributed by atoms with Crippen molar-refractivity contribution in [1.29, 1.82) is 0 Å². The third-order valence-corrected chi connectivity index (χ3v) is 4.62. The van der Waals surface area contributed by atoms with Crippen molar-refractivity contribution in [3.63, 3.8) is 0 Å². The van der Waals surface area contributed by atoms with Crippen LogP contribution in [0.15, 0.2) is 23.1 Å². The van der Waals surface area contributed by atoms with Gasteiger partial charge in [-0.2, -0.15) is 0 Å². The molecule has 1 aromatic rings. The number of hydrogen-bond acceptors (Lipinski definition) is 4. The highest BCUT2D eigenvalue weighted by atomic mass is 32.2. The SMILES string of the molecule is O=C1CSc2ccc(C(=O)NC3CCNCC3)cc2N1. The molecule has 0 atom stereocenters. The Balaban J connectivity index is 1.71. The first-order valence-electron chi connectivity index (χ1n) is 6.80. The van der Waals surface area contributed by atoms with E-state index in [2.05, 4.69) is 16.0 Å². The number of anilines is 1. The van der Waals surface area contributed by atoms with Crippen LogP contribution < -0.4 is 16.0 Å². The van der Waals surface area contributed by atoms with E-state index in [9.17, 15) is 9.59 Å². The van der Waals surface area contributed by atoms with E-state index >= 15 is 0 Å². The van der Waals surface area contributed by atoms with Crippen LogP contribution >= 0.6 is 11.8 Å². The van der Waals surface area contributed by atoms with Gasteiger partial charge in [0.25, 0.3) is 5.91 Å². The second kappa shape index (κ2) is 5.85. The van der Waals surface area contributed by atoms with Crippen molar-refractivity contribution in [1.82, 2.24) is 10.6 Å². The molecule has 5 nitrogen and oxygen atoms in total. The normalized spacial score (nSPS) is 19.1. The van der Waals surface area contributed by atoms with Crippen molar-refractivity contribution in [2.75, 3.05) is 24.2 Å². The molecule has 0 aromatic heterocycles. The van der Waals surface area contributed by atoms with Crippen LogP contribution in [0, 0.1) is 0 Å². The van der Waals surface area contributed by atoms with Crippen molar-refractivity contribution in [2.24, 2.45) is 0 Å². The van der Waals surface area contributed by atoms with Crippen molar-refractivity contribution in [2.45, 2.75) is 23.8 Å². The molecule has 106 valence electrons. The maximum atomic E-state index is 12.2. The third kappa shape index (κ3) is 2.96. The summed E-state index contributed by atoms with van der Waals surface area (Å²) in [5.41, 5.74) is 1.34. The molecule has 2 aliphatic heterocycles. The molecule has 0 saturated carbocycles. The molecule has 1 aromatic carbocycles. The van der Waals surface area contributed by atoms with Gasteiger partial charge in [-0.05, 0) is 44.1 Å². The molecule has 1 saturated heterocycles. The lowest BCUT2D eigenvalue weighted by molar-refractivity contribution is -0.113. The Morgan fingerprint density at radius 1 is 1.30 bits per heavy atom. The Morgan fingerprint density at radius 3 is 2.90 bits per heavy atom. The number of benzene rings is 1. The van der Waals surface area contributed by atoms with Gasteiger partial charge in [-0.15, -0.1) is 11.8 Å². The lowest BCUT2D eigenvalue weighted by Gasteiger charge is -2.24. The molecule has 0 spiro atoms. The summed E-state index contributed by atoms with van der Waals surface area (Å²) in [5, 5.41) is 9.14. The summed E-state index contributed by atoms with van der Waals surface area (Å²) >= 11 is 1.50. The van der Waals surface area contributed by atoms with E-state index < -0.39 is 0 Å². The van der Waals surface area contributed by atoms with E-state index in [1.165, 1.54) is 11.8 Å². The third-order valence-electron chi connectivity index (χ3n) is 3.55. The van der Waals surface area contributed by atoms with Crippen LogP contribution in [0.3, 0.4) is 0 Å². The summed E-state index contributed by atoms with van der Waals surface area (Å²) in [5.74, 6) is 0.357. The van der Waals surface area contributed by atoms with Crippen LogP contribution in [0.25, 0.3) is 0 Å². The van der Waals surface area contributed by atoms with Gasteiger partial charge < -0.3 is 16.0 Å². The average molecular weight is 291 g/mol. The molecule has 0 bridgehead atoms. The van der Waals surface area contributed by atoms with Gasteiger partial charge in [0.05, 0.1) is 11.4 Å².